The molecular weight excluding hydrogens is 181 g/mol. The Labute approximate surface area is 85.9 Å². The van der Waals surface area contributed by atoms with Crippen LogP contribution >= 0.6 is 0 Å². The van der Waals surface area contributed by atoms with Gasteiger partial charge in [0, 0.05) is 12.1 Å². The summed E-state index contributed by atoms with van der Waals surface area (Å²) in [5, 5.41) is 0. The second-order valence-corrected chi connectivity index (χ2v) is 2.10. The minimum absolute atomic E-state index is 0.106. The molecule has 0 saturated carbocycles. The zero-order valence-electron chi connectivity index (χ0n) is 9.27. The summed E-state index contributed by atoms with van der Waals surface area (Å²) in [6, 6.07) is 0. The van der Waals surface area contributed by atoms with Gasteiger partial charge >= 0.3 is 0 Å². The van der Waals surface area contributed by atoms with Crippen LogP contribution in [-0.4, -0.2) is 13.2 Å². The molecule has 3 heteroatoms. The first-order valence-corrected chi connectivity index (χ1v) is 4.70. The molecule has 0 amide bonds. The number of ether oxygens (including phenoxy) is 1. The van der Waals surface area contributed by atoms with Gasteiger partial charge in [-0.15, -0.1) is 0 Å². The van der Waals surface area contributed by atoms with E-state index in [2.05, 4.69) is 13.2 Å². The number of hydrogen-bond acceptors (Lipinski definition) is 2. The highest BCUT2D eigenvalue weighted by molar-refractivity contribution is 5.31. The summed E-state index contributed by atoms with van der Waals surface area (Å²) < 4.78 is 17.7. The van der Waals surface area contributed by atoms with E-state index in [1.807, 2.05) is 13.8 Å². The van der Waals surface area contributed by atoms with Gasteiger partial charge in [-0.3, -0.25) is 0 Å². The van der Waals surface area contributed by atoms with Gasteiger partial charge in [0.05, 0.1) is 6.61 Å². The second kappa shape index (κ2) is 9.99. The van der Waals surface area contributed by atoms with E-state index in [0.29, 0.717) is 12.2 Å². The lowest BCUT2D eigenvalue weighted by Gasteiger charge is -2.09. The van der Waals surface area contributed by atoms with Crippen LogP contribution in [0.25, 0.3) is 0 Å². The smallest absolute Gasteiger partial charge is 0.158 e. The molecule has 0 fully saturated rings. The van der Waals surface area contributed by atoms with Crippen molar-refractivity contribution < 1.29 is 9.13 Å². The molecule has 2 nitrogen and oxygen atoms in total. The Morgan fingerprint density at radius 2 is 2.00 bits per heavy atom. The summed E-state index contributed by atoms with van der Waals surface area (Å²) in [6.45, 7) is 13.0. The predicted octanol–water partition coefficient (Wildman–Crippen LogP) is 2.93. The fourth-order valence-corrected chi connectivity index (χ4v) is 0.758. The van der Waals surface area contributed by atoms with E-state index in [-0.39, 0.29) is 12.3 Å². The molecule has 0 atom stereocenters. The van der Waals surface area contributed by atoms with E-state index in [0.717, 1.165) is 0 Å². The topological polar surface area (TPSA) is 35.2 Å². The summed E-state index contributed by atoms with van der Waals surface area (Å²) in [7, 11) is 0. The lowest BCUT2D eigenvalue weighted by Crippen LogP contribution is -2.06. The van der Waals surface area contributed by atoms with Crippen LogP contribution in [0.1, 0.15) is 20.8 Å². The number of halogens is 1. The van der Waals surface area contributed by atoms with Crippen LogP contribution in [0.15, 0.2) is 36.4 Å². The Bertz CT molecular complexity index is 209. The maximum atomic E-state index is 12.7. The van der Waals surface area contributed by atoms with Gasteiger partial charge < -0.3 is 10.5 Å². The first-order valence-electron chi connectivity index (χ1n) is 4.70. The SMILES string of the molecule is C=C/C(CN)=C(/OCC)C(=C)F.CC. The minimum Gasteiger partial charge on any atom is -0.490 e. The quantitative estimate of drug-likeness (QED) is 0.548. The lowest BCUT2D eigenvalue weighted by atomic mass is 10.2. The van der Waals surface area contributed by atoms with Crippen LogP contribution in [0, 0.1) is 0 Å². The normalized spacial score (nSPS) is 10.6. The fraction of sp³-hybridized carbons (Fsp3) is 0.455. The monoisotopic (exact) mass is 201 g/mol. The summed E-state index contributed by atoms with van der Waals surface area (Å²) in [5.74, 6) is -0.507. The van der Waals surface area contributed by atoms with Crippen LogP contribution in [0.5, 0.6) is 0 Å². The van der Waals surface area contributed by atoms with Crippen LogP contribution < -0.4 is 5.73 Å². The molecule has 82 valence electrons. The Balaban J connectivity index is 0. The van der Waals surface area contributed by atoms with E-state index in [1.165, 1.54) is 6.08 Å². The summed E-state index contributed by atoms with van der Waals surface area (Å²) in [6.07, 6.45) is 1.47. The van der Waals surface area contributed by atoms with Gasteiger partial charge in [-0.05, 0) is 6.92 Å². The molecule has 0 aromatic heterocycles. The molecule has 0 radical (unpaired) electrons. The van der Waals surface area contributed by atoms with Gasteiger partial charge in [-0.1, -0.05) is 33.1 Å². The minimum atomic E-state index is -0.614. The lowest BCUT2D eigenvalue weighted by molar-refractivity contribution is 0.222. The molecule has 14 heavy (non-hydrogen) atoms. The number of nitrogens with two attached hydrogens (primary N) is 1. The zero-order valence-corrected chi connectivity index (χ0v) is 9.27. The number of hydrogen-bond donors (Lipinski definition) is 1. The van der Waals surface area contributed by atoms with Crippen LogP contribution in [0.4, 0.5) is 4.39 Å². The highest BCUT2D eigenvalue weighted by Crippen LogP contribution is 2.15. The van der Waals surface area contributed by atoms with E-state index in [9.17, 15) is 4.39 Å². The third kappa shape index (κ3) is 5.54. The molecule has 0 spiro atoms. The Kier molecular flexibility index (Phi) is 11.0. The maximum Gasteiger partial charge on any atom is 0.158 e. The van der Waals surface area contributed by atoms with Crippen molar-refractivity contribution in [1.82, 2.24) is 0 Å². The molecule has 0 aliphatic rings. The molecule has 0 aliphatic carbocycles. The van der Waals surface area contributed by atoms with E-state index in [4.69, 9.17) is 10.5 Å². The summed E-state index contributed by atoms with van der Waals surface area (Å²) in [5.41, 5.74) is 5.87. The largest absolute Gasteiger partial charge is 0.490 e. The third-order valence-electron chi connectivity index (χ3n) is 1.29. The average Bonchev–Trinajstić information content (AvgIpc) is 2.21. The first kappa shape index (κ1) is 15.4. The van der Waals surface area contributed by atoms with Gasteiger partial charge in [0.1, 0.15) is 0 Å². The summed E-state index contributed by atoms with van der Waals surface area (Å²) in [4.78, 5) is 0. The molecule has 0 aromatic rings. The van der Waals surface area contributed by atoms with Crippen molar-refractivity contribution >= 4 is 0 Å². The maximum absolute atomic E-state index is 12.7. The fourth-order valence-electron chi connectivity index (χ4n) is 0.758. The number of rotatable bonds is 5. The Hall–Kier alpha value is -1.09. The van der Waals surface area contributed by atoms with Crippen LogP contribution in [0.3, 0.4) is 0 Å². The molecular formula is C11H20FNO. The van der Waals surface area contributed by atoms with Gasteiger partial charge in [0.15, 0.2) is 11.6 Å². The molecule has 2 N–H and O–H groups in total. The average molecular weight is 201 g/mol. The van der Waals surface area contributed by atoms with Crippen molar-refractivity contribution in [2.45, 2.75) is 20.8 Å². The first-order chi connectivity index (χ1) is 6.67. The summed E-state index contributed by atoms with van der Waals surface area (Å²) >= 11 is 0. The predicted molar refractivity (Wildman–Crippen MR) is 59.5 cm³/mol. The molecule has 0 unspecified atom stereocenters. The van der Waals surface area contributed by atoms with E-state index >= 15 is 0 Å². The van der Waals surface area contributed by atoms with Gasteiger partial charge in [0.25, 0.3) is 0 Å². The van der Waals surface area contributed by atoms with Crippen molar-refractivity contribution in [2.24, 2.45) is 5.73 Å². The van der Waals surface area contributed by atoms with Gasteiger partial charge in [-0.25, -0.2) is 4.39 Å². The van der Waals surface area contributed by atoms with Crippen molar-refractivity contribution in [1.29, 1.82) is 0 Å². The van der Waals surface area contributed by atoms with E-state index < -0.39 is 5.83 Å². The molecule has 0 aliphatic heterocycles. The Morgan fingerprint density at radius 1 is 1.50 bits per heavy atom. The van der Waals surface area contributed by atoms with Crippen LogP contribution in [-0.2, 0) is 4.74 Å². The van der Waals surface area contributed by atoms with Gasteiger partial charge in [0.2, 0.25) is 0 Å². The molecule has 0 saturated heterocycles. The van der Waals surface area contributed by atoms with Gasteiger partial charge in [-0.2, -0.15) is 0 Å². The highest BCUT2D eigenvalue weighted by atomic mass is 19.1. The molecule has 0 heterocycles. The molecule has 0 aromatic carbocycles. The standard InChI is InChI=1S/C9H14FNO.C2H6/c1-4-8(6-11)9(7(3)10)12-5-2;1-2/h4H,1,3,5-6,11H2,2H3;1-2H3/b9-8-;. The Morgan fingerprint density at radius 3 is 2.21 bits per heavy atom. The van der Waals surface area contributed by atoms with E-state index in [1.54, 1.807) is 6.92 Å². The zero-order chi connectivity index (χ0) is 11.6. The second-order valence-electron chi connectivity index (χ2n) is 2.10. The third-order valence-corrected chi connectivity index (χ3v) is 1.29. The molecule has 0 bridgehead atoms. The highest BCUT2D eigenvalue weighted by Gasteiger charge is 2.07. The number of allylic oxidation sites excluding steroid dienone is 1. The van der Waals surface area contributed by atoms with Crippen molar-refractivity contribution in [3.63, 3.8) is 0 Å². The molecule has 0 rings (SSSR count). The van der Waals surface area contributed by atoms with Crippen molar-refractivity contribution in [3.8, 4) is 0 Å². The van der Waals surface area contributed by atoms with Crippen molar-refractivity contribution in [2.75, 3.05) is 13.2 Å². The van der Waals surface area contributed by atoms with Crippen molar-refractivity contribution in [3.05, 3.63) is 36.4 Å². The van der Waals surface area contributed by atoms with Crippen LogP contribution in [0.2, 0.25) is 0 Å².